The summed E-state index contributed by atoms with van der Waals surface area (Å²) in [5.74, 6) is -2.17. The SMILES string of the molecule is CCc1c(C(=O)O)cc2c(CC)cccc2c1C(=O)O. The second kappa shape index (κ2) is 5.33. The second-order valence-electron chi connectivity index (χ2n) is 4.61. The quantitative estimate of drug-likeness (QED) is 0.894. The van der Waals surface area contributed by atoms with E-state index in [0.29, 0.717) is 22.8 Å². The summed E-state index contributed by atoms with van der Waals surface area (Å²) in [6.07, 6.45) is 1.09. The molecule has 0 bridgehead atoms. The molecule has 0 atom stereocenters. The maximum atomic E-state index is 11.6. The van der Waals surface area contributed by atoms with Crippen LogP contribution in [0.3, 0.4) is 0 Å². The highest BCUT2D eigenvalue weighted by molar-refractivity contribution is 6.10. The number of rotatable bonds is 4. The van der Waals surface area contributed by atoms with Crippen molar-refractivity contribution in [3.63, 3.8) is 0 Å². The van der Waals surface area contributed by atoms with E-state index in [-0.39, 0.29) is 11.1 Å². The molecule has 0 unspecified atom stereocenters. The minimum Gasteiger partial charge on any atom is -0.478 e. The minimum absolute atomic E-state index is 0.0818. The van der Waals surface area contributed by atoms with Crippen LogP contribution in [0, 0.1) is 0 Å². The van der Waals surface area contributed by atoms with Gasteiger partial charge >= 0.3 is 11.9 Å². The maximum absolute atomic E-state index is 11.6. The molecule has 0 radical (unpaired) electrons. The third kappa shape index (κ3) is 2.13. The lowest BCUT2D eigenvalue weighted by Gasteiger charge is -2.14. The normalized spacial score (nSPS) is 10.7. The van der Waals surface area contributed by atoms with Gasteiger partial charge in [0.2, 0.25) is 0 Å². The molecular weight excluding hydrogens is 256 g/mol. The summed E-state index contributed by atoms with van der Waals surface area (Å²) >= 11 is 0. The third-order valence-electron chi connectivity index (χ3n) is 3.56. The van der Waals surface area contributed by atoms with Crippen molar-refractivity contribution in [2.45, 2.75) is 26.7 Å². The largest absolute Gasteiger partial charge is 0.478 e. The first-order chi connectivity index (χ1) is 9.51. The fourth-order valence-electron chi connectivity index (χ4n) is 2.64. The zero-order valence-corrected chi connectivity index (χ0v) is 11.4. The number of carboxylic acid groups (broad SMARTS) is 2. The lowest BCUT2D eigenvalue weighted by molar-refractivity contribution is 0.0696. The lowest BCUT2D eigenvalue weighted by atomic mass is 9.90. The number of hydrogen-bond acceptors (Lipinski definition) is 2. The number of aryl methyl sites for hydroxylation is 1. The Kier molecular flexibility index (Phi) is 3.74. The molecule has 2 aromatic carbocycles. The highest BCUT2D eigenvalue weighted by Crippen LogP contribution is 2.29. The van der Waals surface area contributed by atoms with Crippen LogP contribution in [0.4, 0.5) is 0 Å². The Morgan fingerprint density at radius 1 is 1.00 bits per heavy atom. The van der Waals surface area contributed by atoms with E-state index in [9.17, 15) is 19.8 Å². The fourth-order valence-corrected chi connectivity index (χ4v) is 2.64. The number of fused-ring (bicyclic) bond motifs is 1. The van der Waals surface area contributed by atoms with Crippen LogP contribution in [0.2, 0.25) is 0 Å². The van der Waals surface area contributed by atoms with E-state index >= 15 is 0 Å². The molecule has 4 heteroatoms. The molecule has 2 rings (SSSR count). The third-order valence-corrected chi connectivity index (χ3v) is 3.56. The molecule has 20 heavy (non-hydrogen) atoms. The molecule has 0 amide bonds. The van der Waals surface area contributed by atoms with E-state index < -0.39 is 11.9 Å². The van der Waals surface area contributed by atoms with Gasteiger partial charge in [0.05, 0.1) is 11.1 Å². The van der Waals surface area contributed by atoms with Crippen molar-refractivity contribution in [3.05, 3.63) is 46.5 Å². The van der Waals surface area contributed by atoms with E-state index in [4.69, 9.17) is 0 Å². The Bertz CT molecular complexity index is 701. The van der Waals surface area contributed by atoms with Crippen LogP contribution < -0.4 is 0 Å². The molecule has 0 saturated carbocycles. The molecule has 0 spiro atoms. The average molecular weight is 272 g/mol. The van der Waals surface area contributed by atoms with Crippen LogP contribution in [-0.4, -0.2) is 22.2 Å². The Labute approximate surface area is 116 Å². The van der Waals surface area contributed by atoms with Crippen molar-refractivity contribution in [2.24, 2.45) is 0 Å². The summed E-state index contributed by atoms with van der Waals surface area (Å²) in [6, 6.07) is 7.04. The standard InChI is InChI=1S/C16H16O4/c1-3-9-6-5-7-11-12(9)8-13(15(17)18)10(4-2)14(11)16(19)20/h5-8H,3-4H2,1-2H3,(H,17,18)(H,19,20). The first-order valence-electron chi connectivity index (χ1n) is 6.55. The van der Waals surface area contributed by atoms with Crippen LogP contribution >= 0.6 is 0 Å². The van der Waals surface area contributed by atoms with Gasteiger partial charge < -0.3 is 10.2 Å². The zero-order valence-electron chi connectivity index (χ0n) is 11.4. The topological polar surface area (TPSA) is 74.6 Å². The van der Waals surface area contributed by atoms with Gasteiger partial charge in [-0.3, -0.25) is 0 Å². The van der Waals surface area contributed by atoms with Gasteiger partial charge in [-0.25, -0.2) is 9.59 Å². The van der Waals surface area contributed by atoms with E-state index in [1.54, 1.807) is 19.1 Å². The summed E-state index contributed by atoms with van der Waals surface area (Å²) in [5.41, 5.74) is 1.52. The lowest BCUT2D eigenvalue weighted by Crippen LogP contribution is -2.11. The molecule has 0 aliphatic rings. The average Bonchev–Trinajstić information content (AvgIpc) is 2.43. The maximum Gasteiger partial charge on any atom is 0.336 e. The summed E-state index contributed by atoms with van der Waals surface area (Å²) in [4.78, 5) is 23.0. The van der Waals surface area contributed by atoms with E-state index in [2.05, 4.69) is 0 Å². The van der Waals surface area contributed by atoms with Crippen molar-refractivity contribution in [1.29, 1.82) is 0 Å². The van der Waals surface area contributed by atoms with E-state index in [1.807, 2.05) is 19.1 Å². The molecule has 0 fully saturated rings. The summed E-state index contributed by atoms with van der Waals surface area (Å²) in [7, 11) is 0. The molecule has 104 valence electrons. The van der Waals surface area contributed by atoms with Crippen molar-refractivity contribution in [2.75, 3.05) is 0 Å². The van der Waals surface area contributed by atoms with Crippen LogP contribution in [0.15, 0.2) is 24.3 Å². The smallest absolute Gasteiger partial charge is 0.336 e. The molecule has 2 aromatic rings. The number of carbonyl (C=O) groups is 2. The molecular formula is C16H16O4. The van der Waals surface area contributed by atoms with Crippen LogP contribution in [0.25, 0.3) is 10.8 Å². The predicted molar refractivity (Wildman–Crippen MR) is 76.6 cm³/mol. The van der Waals surface area contributed by atoms with Gasteiger partial charge in [-0.2, -0.15) is 0 Å². The van der Waals surface area contributed by atoms with Crippen molar-refractivity contribution >= 4 is 22.7 Å². The molecule has 0 heterocycles. The summed E-state index contributed by atoms with van der Waals surface area (Å²) < 4.78 is 0. The van der Waals surface area contributed by atoms with Crippen LogP contribution in [0.5, 0.6) is 0 Å². The monoisotopic (exact) mass is 272 g/mol. The van der Waals surface area contributed by atoms with E-state index in [0.717, 1.165) is 12.0 Å². The van der Waals surface area contributed by atoms with Gasteiger partial charge in [0.25, 0.3) is 0 Å². The highest BCUT2D eigenvalue weighted by Gasteiger charge is 2.21. The first-order valence-corrected chi connectivity index (χ1v) is 6.55. The Hall–Kier alpha value is -2.36. The van der Waals surface area contributed by atoms with Crippen molar-refractivity contribution in [1.82, 2.24) is 0 Å². The predicted octanol–water partition coefficient (Wildman–Crippen LogP) is 3.36. The Balaban J connectivity index is 3.01. The molecule has 2 N–H and O–H groups in total. The number of benzene rings is 2. The van der Waals surface area contributed by atoms with E-state index in [1.165, 1.54) is 0 Å². The highest BCUT2D eigenvalue weighted by atomic mass is 16.4. The Morgan fingerprint density at radius 3 is 2.20 bits per heavy atom. The number of aromatic carboxylic acids is 2. The van der Waals surface area contributed by atoms with Gasteiger partial charge in [-0.05, 0) is 40.8 Å². The van der Waals surface area contributed by atoms with Gasteiger partial charge in [-0.15, -0.1) is 0 Å². The second-order valence-corrected chi connectivity index (χ2v) is 4.61. The Morgan fingerprint density at radius 2 is 1.70 bits per heavy atom. The summed E-state index contributed by atoms with van der Waals surface area (Å²) in [6.45, 7) is 3.73. The van der Waals surface area contributed by atoms with Crippen LogP contribution in [0.1, 0.15) is 45.7 Å². The molecule has 0 aromatic heterocycles. The van der Waals surface area contributed by atoms with Gasteiger partial charge in [0, 0.05) is 0 Å². The van der Waals surface area contributed by atoms with Crippen molar-refractivity contribution < 1.29 is 19.8 Å². The molecule has 0 saturated heterocycles. The van der Waals surface area contributed by atoms with Crippen molar-refractivity contribution in [3.8, 4) is 0 Å². The van der Waals surface area contributed by atoms with Crippen LogP contribution in [-0.2, 0) is 12.8 Å². The summed E-state index contributed by atoms with van der Waals surface area (Å²) in [5, 5.41) is 20.1. The minimum atomic E-state index is -1.09. The molecule has 0 aliphatic heterocycles. The first kappa shape index (κ1) is 14.1. The fraction of sp³-hybridized carbons (Fsp3) is 0.250. The number of carboxylic acids is 2. The molecule has 4 nitrogen and oxygen atoms in total. The number of hydrogen-bond donors (Lipinski definition) is 2. The van der Waals surface area contributed by atoms with Gasteiger partial charge in [0.15, 0.2) is 0 Å². The van der Waals surface area contributed by atoms with Gasteiger partial charge in [-0.1, -0.05) is 32.0 Å². The zero-order chi connectivity index (χ0) is 14.9. The van der Waals surface area contributed by atoms with Gasteiger partial charge in [0.1, 0.15) is 0 Å². The molecule has 0 aliphatic carbocycles.